The number of hydrogen-bond donors (Lipinski definition) is 0. The number of hydrogen-bond acceptors (Lipinski definition) is 2. The van der Waals surface area contributed by atoms with Crippen molar-refractivity contribution in [3.8, 4) is 11.8 Å². The molecule has 0 aromatic rings. The maximum Gasteiger partial charge on any atom is 0.136 e. The minimum atomic E-state index is 0.186. The largest absolute Gasteiger partial charge is 0.378 e. The number of carbonyl (C=O) groups excluding carboxylic acids is 1. The van der Waals surface area contributed by atoms with E-state index in [1.165, 1.54) is 6.42 Å². The van der Waals surface area contributed by atoms with Crippen molar-refractivity contribution in [3.63, 3.8) is 0 Å². The minimum absolute atomic E-state index is 0.186. The molecule has 0 aliphatic carbocycles. The molecule has 2 heteroatoms. The molecule has 2 nitrogen and oxygen atoms in total. The van der Waals surface area contributed by atoms with Gasteiger partial charge in [-0.3, -0.25) is 4.79 Å². The molecule has 1 aliphatic heterocycles. The van der Waals surface area contributed by atoms with Crippen LogP contribution in [0.2, 0.25) is 0 Å². The lowest BCUT2D eigenvalue weighted by Gasteiger charge is -2.21. The van der Waals surface area contributed by atoms with Gasteiger partial charge in [0.25, 0.3) is 0 Å². The van der Waals surface area contributed by atoms with Crippen LogP contribution in [0.3, 0.4) is 0 Å². The highest BCUT2D eigenvalue weighted by atomic mass is 16.5. The van der Waals surface area contributed by atoms with Gasteiger partial charge in [0, 0.05) is 25.9 Å². The first-order valence-corrected chi connectivity index (χ1v) is 5.36. The molecule has 1 aliphatic rings. The number of ether oxygens (including phenoxy) is 1. The Morgan fingerprint density at radius 2 is 2.36 bits per heavy atom. The third kappa shape index (κ3) is 4.43. The standard InChI is InChI=1S/C12H18O2/c1-2-3-4-7-11(13)10-12-8-5-6-9-14-12/h12H,4-10H2,1H3. The van der Waals surface area contributed by atoms with Gasteiger partial charge in [-0.25, -0.2) is 0 Å². The Kier molecular flexibility index (Phi) is 5.32. The van der Waals surface area contributed by atoms with Crippen molar-refractivity contribution in [2.75, 3.05) is 6.61 Å². The van der Waals surface area contributed by atoms with Crippen molar-refractivity contribution in [1.29, 1.82) is 0 Å². The summed E-state index contributed by atoms with van der Waals surface area (Å²) in [4.78, 5) is 11.4. The van der Waals surface area contributed by atoms with Crippen LogP contribution < -0.4 is 0 Å². The lowest BCUT2D eigenvalue weighted by Crippen LogP contribution is -2.22. The van der Waals surface area contributed by atoms with Crippen LogP contribution in [0.4, 0.5) is 0 Å². The molecule has 0 spiro atoms. The smallest absolute Gasteiger partial charge is 0.136 e. The van der Waals surface area contributed by atoms with Crippen LogP contribution in [0.1, 0.15) is 45.4 Å². The molecule has 78 valence electrons. The average Bonchev–Trinajstić information content (AvgIpc) is 2.20. The second-order valence-corrected chi connectivity index (χ2v) is 3.66. The molecular weight excluding hydrogens is 176 g/mol. The summed E-state index contributed by atoms with van der Waals surface area (Å²) in [6.07, 6.45) is 5.45. The predicted octanol–water partition coefficient (Wildman–Crippen LogP) is 2.32. The first-order valence-electron chi connectivity index (χ1n) is 5.36. The fourth-order valence-corrected chi connectivity index (χ4v) is 1.65. The Hall–Kier alpha value is -0.810. The maximum absolute atomic E-state index is 11.4. The van der Waals surface area contributed by atoms with E-state index < -0.39 is 0 Å². The molecule has 0 N–H and O–H groups in total. The fourth-order valence-electron chi connectivity index (χ4n) is 1.65. The molecule has 0 radical (unpaired) electrons. The number of ketones is 1. The predicted molar refractivity (Wildman–Crippen MR) is 55.9 cm³/mol. The molecule has 14 heavy (non-hydrogen) atoms. The van der Waals surface area contributed by atoms with Gasteiger partial charge in [-0.1, -0.05) is 0 Å². The zero-order valence-corrected chi connectivity index (χ0v) is 8.84. The first kappa shape index (κ1) is 11.3. The monoisotopic (exact) mass is 194 g/mol. The topological polar surface area (TPSA) is 26.3 Å². The molecule has 0 saturated carbocycles. The lowest BCUT2D eigenvalue weighted by atomic mass is 10.0. The van der Waals surface area contributed by atoms with E-state index in [9.17, 15) is 4.79 Å². The van der Waals surface area contributed by atoms with E-state index in [4.69, 9.17) is 4.74 Å². The van der Waals surface area contributed by atoms with E-state index in [1.807, 2.05) is 0 Å². The number of rotatable bonds is 4. The van der Waals surface area contributed by atoms with Crippen LogP contribution in [0.5, 0.6) is 0 Å². The maximum atomic E-state index is 11.4. The van der Waals surface area contributed by atoms with E-state index in [-0.39, 0.29) is 6.10 Å². The Bertz CT molecular complexity index is 228. The van der Waals surface area contributed by atoms with Crippen molar-refractivity contribution >= 4 is 5.78 Å². The van der Waals surface area contributed by atoms with Gasteiger partial charge in [-0.15, -0.1) is 11.8 Å². The SMILES string of the molecule is CC#CCCC(=O)CC1CCCCO1. The van der Waals surface area contributed by atoms with E-state index in [0.29, 0.717) is 25.0 Å². The zero-order chi connectivity index (χ0) is 10.2. The molecule has 1 heterocycles. The quantitative estimate of drug-likeness (QED) is 0.642. The van der Waals surface area contributed by atoms with E-state index in [1.54, 1.807) is 6.92 Å². The summed E-state index contributed by atoms with van der Waals surface area (Å²) in [5, 5.41) is 0. The van der Waals surface area contributed by atoms with Crippen LogP contribution in [0, 0.1) is 11.8 Å². The molecule has 1 saturated heterocycles. The summed E-state index contributed by atoms with van der Waals surface area (Å²) in [5.74, 6) is 5.99. The van der Waals surface area contributed by atoms with Gasteiger partial charge in [0.1, 0.15) is 5.78 Å². The van der Waals surface area contributed by atoms with Gasteiger partial charge in [-0.05, 0) is 26.2 Å². The summed E-state index contributed by atoms with van der Waals surface area (Å²) in [6, 6.07) is 0. The summed E-state index contributed by atoms with van der Waals surface area (Å²) in [5.41, 5.74) is 0. The molecule has 1 fully saturated rings. The molecular formula is C12H18O2. The minimum Gasteiger partial charge on any atom is -0.378 e. The summed E-state index contributed by atoms with van der Waals surface area (Å²) < 4.78 is 5.50. The van der Waals surface area contributed by atoms with Gasteiger partial charge < -0.3 is 4.74 Å². The van der Waals surface area contributed by atoms with Gasteiger partial charge in [0.15, 0.2) is 0 Å². The van der Waals surface area contributed by atoms with Gasteiger partial charge in [-0.2, -0.15) is 0 Å². The van der Waals surface area contributed by atoms with E-state index in [0.717, 1.165) is 19.4 Å². The average molecular weight is 194 g/mol. The highest BCUT2D eigenvalue weighted by Gasteiger charge is 2.16. The van der Waals surface area contributed by atoms with Crippen LogP contribution in [0.25, 0.3) is 0 Å². The zero-order valence-electron chi connectivity index (χ0n) is 8.84. The first-order chi connectivity index (χ1) is 6.83. The number of carbonyl (C=O) groups is 1. The number of Topliss-reactive ketones (excluding diaryl/α,β-unsaturated/α-hetero) is 1. The highest BCUT2D eigenvalue weighted by molar-refractivity contribution is 5.79. The molecule has 0 bridgehead atoms. The van der Waals surface area contributed by atoms with Crippen LogP contribution in [-0.4, -0.2) is 18.5 Å². The molecule has 1 rings (SSSR count). The van der Waals surface area contributed by atoms with Crippen LogP contribution >= 0.6 is 0 Å². The Morgan fingerprint density at radius 3 is 3.00 bits per heavy atom. The normalized spacial score (nSPS) is 21.1. The summed E-state index contributed by atoms with van der Waals surface area (Å²) in [6.45, 7) is 2.63. The van der Waals surface area contributed by atoms with E-state index in [2.05, 4.69) is 11.8 Å². The van der Waals surface area contributed by atoms with Crippen molar-refractivity contribution < 1.29 is 9.53 Å². The van der Waals surface area contributed by atoms with Crippen molar-refractivity contribution in [1.82, 2.24) is 0 Å². The Balaban J connectivity index is 2.14. The summed E-state index contributed by atoms with van der Waals surface area (Å²) >= 11 is 0. The molecule has 0 aromatic heterocycles. The van der Waals surface area contributed by atoms with Gasteiger partial charge in [0.05, 0.1) is 6.10 Å². The van der Waals surface area contributed by atoms with Gasteiger partial charge >= 0.3 is 0 Å². The lowest BCUT2D eigenvalue weighted by molar-refractivity contribution is -0.122. The third-order valence-electron chi connectivity index (χ3n) is 2.43. The fraction of sp³-hybridized carbons (Fsp3) is 0.750. The van der Waals surface area contributed by atoms with E-state index >= 15 is 0 Å². The molecule has 1 unspecified atom stereocenters. The van der Waals surface area contributed by atoms with Gasteiger partial charge in [0.2, 0.25) is 0 Å². The highest BCUT2D eigenvalue weighted by Crippen LogP contribution is 2.16. The molecule has 1 atom stereocenters. The Morgan fingerprint density at radius 1 is 1.50 bits per heavy atom. The van der Waals surface area contributed by atoms with Crippen molar-refractivity contribution in [2.45, 2.75) is 51.6 Å². The van der Waals surface area contributed by atoms with Crippen LogP contribution in [0.15, 0.2) is 0 Å². The summed E-state index contributed by atoms with van der Waals surface area (Å²) in [7, 11) is 0. The molecule has 0 aromatic carbocycles. The van der Waals surface area contributed by atoms with Crippen molar-refractivity contribution in [3.05, 3.63) is 0 Å². The second kappa shape index (κ2) is 6.62. The Labute approximate surface area is 86.0 Å². The third-order valence-corrected chi connectivity index (χ3v) is 2.43. The van der Waals surface area contributed by atoms with Crippen LogP contribution in [-0.2, 0) is 9.53 Å². The second-order valence-electron chi connectivity index (χ2n) is 3.66. The molecule has 0 amide bonds. The van der Waals surface area contributed by atoms with Crippen molar-refractivity contribution in [2.24, 2.45) is 0 Å².